The molecule has 0 radical (unpaired) electrons. The van der Waals surface area contributed by atoms with Crippen molar-refractivity contribution in [2.24, 2.45) is 0 Å². The van der Waals surface area contributed by atoms with E-state index in [1.165, 1.54) is 0 Å². The van der Waals surface area contributed by atoms with Crippen LogP contribution >= 0.6 is 22.6 Å². The monoisotopic (exact) mass is 383 g/mol. The van der Waals surface area contributed by atoms with Crippen molar-refractivity contribution in [1.29, 1.82) is 0 Å². The zero-order valence-corrected chi connectivity index (χ0v) is 11.9. The van der Waals surface area contributed by atoms with E-state index in [9.17, 15) is 18.0 Å². The van der Waals surface area contributed by atoms with Crippen LogP contribution in [0, 0.1) is 3.57 Å². The third-order valence-corrected chi connectivity index (χ3v) is 2.85. The predicted molar refractivity (Wildman–Crippen MR) is 72.8 cm³/mol. The zero-order valence-electron chi connectivity index (χ0n) is 9.74. The first-order chi connectivity index (χ1) is 8.85. The van der Waals surface area contributed by atoms with Crippen LogP contribution in [0.4, 0.5) is 23.7 Å². The Bertz CT molecular complexity index is 522. The number of para-hydroxylation sites is 1. The van der Waals surface area contributed by atoms with Gasteiger partial charge in [0.25, 0.3) is 0 Å². The molecule has 1 aromatic carbocycles. The molecule has 0 N–H and O–H groups in total. The quantitative estimate of drug-likeness (QED) is 0.569. The molecule has 1 amide bonds. The van der Waals surface area contributed by atoms with Gasteiger partial charge in [0.2, 0.25) is 0 Å². The Morgan fingerprint density at radius 3 is 2.58 bits per heavy atom. The molecule has 0 aliphatic rings. The van der Waals surface area contributed by atoms with Crippen molar-refractivity contribution in [3.05, 3.63) is 45.8 Å². The van der Waals surface area contributed by atoms with Gasteiger partial charge in [-0.25, -0.2) is 9.69 Å². The van der Waals surface area contributed by atoms with Crippen molar-refractivity contribution in [3.63, 3.8) is 0 Å². The van der Waals surface area contributed by atoms with Gasteiger partial charge in [-0.2, -0.15) is 13.2 Å². The van der Waals surface area contributed by atoms with Gasteiger partial charge in [-0.1, -0.05) is 17.9 Å². The lowest BCUT2D eigenvalue weighted by atomic mass is 10.3. The van der Waals surface area contributed by atoms with E-state index in [2.05, 4.69) is 4.74 Å². The molecule has 1 rings (SSSR count). The van der Waals surface area contributed by atoms with Crippen LogP contribution in [0.2, 0.25) is 0 Å². The largest absolute Gasteiger partial charge is 0.452 e. The van der Waals surface area contributed by atoms with Gasteiger partial charge in [0.15, 0.2) is 0 Å². The lowest BCUT2D eigenvalue weighted by Gasteiger charge is -2.17. The third kappa shape index (κ3) is 4.96. The highest BCUT2D eigenvalue weighted by Crippen LogP contribution is 2.23. The Hall–Kier alpha value is -1.47. The molecular weight excluding hydrogens is 374 g/mol. The molecule has 0 spiro atoms. The number of ether oxygens (including phenoxy) is 1. The van der Waals surface area contributed by atoms with Crippen LogP contribution < -0.4 is 4.90 Å². The predicted octanol–water partition coefficient (Wildman–Crippen LogP) is 4.10. The van der Waals surface area contributed by atoms with E-state index in [-0.39, 0.29) is 6.08 Å². The van der Waals surface area contributed by atoms with Crippen molar-refractivity contribution < 1.29 is 22.7 Å². The first kappa shape index (κ1) is 15.6. The highest BCUT2D eigenvalue weighted by atomic mass is 127. The highest BCUT2D eigenvalue weighted by Gasteiger charge is 2.22. The number of amides is 1. The van der Waals surface area contributed by atoms with Crippen LogP contribution in [0.15, 0.2) is 42.3 Å². The summed E-state index contributed by atoms with van der Waals surface area (Å²) in [5.74, 6) is 0. The van der Waals surface area contributed by atoms with Crippen LogP contribution in [0.3, 0.4) is 0 Å². The molecule has 3 nitrogen and oxygen atoms in total. The van der Waals surface area contributed by atoms with E-state index in [0.29, 0.717) is 9.26 Å². The van der Waals surface area contributed by atoms with Gasteiger partial charge in [-0.3, -0.25) is 0 Å². The maximum atomic E-state index is 12.0. The number of halogens is 4. The molecule has 1 aromatic rings. The molecule has 0 bridgehead atoms. The average molecular weight is 383 g/mol. The van der Waals surface area contributed by atoms with Gasteiger partial charge in [0.1, 0.15) is 0 Å². The Balaban J connectivity index is 3.14. The summed E-state index contributed by atoms with van der Waals surface area (Å²) in [6, 6.07) is 6.71. The number of carbonyl (C=O) groups excluding carboxylic acids is 1. The number of benzene rings is 1. The normalized spacial score (nSPS) is 10.4. The number of hydrogen-bond acceptors (Lipinski definition) is 2. The van der Waals surface area contributed by atoms with Gasteiger partial charge >= 0.3 is 12.3 Å². The minimum absolute atomic E-state index is 0.0846. The summed E-state index contributed by atoms with van der Waals surface area (Å²) in [6.45, 7) is 0. The van der Waals surface area contributed by atoms with Crippen molar-refractivity contribution in [2.45, 2.75) is 6.18 Å². The van der Waals surface area contributed by atoms with Gasteiger partial charge in [-0.05, 0) is 34.7 Å². The molecule has 0 heterocycles. The summed E-state index contributed by atoms with van der Waals surface area (Å²) < 4.78 is 41.2. The summed E-state index contributed by atoms with van der Waals surface area (Å²) in [7, 11) is 1.15. The van der Waals surface area contributed by atoms with Crippen LogP contribution in [0.1, 0.15) is 0 Å². The first-order valence-electron chi connectivity index (χ1n) is 4.97. The molecule has 0 saturated heterocycles. The number of anilines is 1. The SMILES string of the molecule is COC(=O)N(C=C=CC(F)(F)F)c1ccccc1I. The topological polar surface area (TPSA) is 29.5 Å². The summed E-state index contributed by atoms with van der Waals surface area (Å²) in [4.78, 5) is 12.5. The summed E-state index contributed by atoms with van der Waals surface area (Å²) in [5.41, 5.74) is 2.33. The summed E-state index contributed by atoms with van der Waals surface area (Å²) in [6.07, 6.45) is -4.48. The molecule has 0 saturated carbocycles. The third-order valence-electron chi connectivity index (χ3n) is 1.93. The van der Waals surface area contributed by atoms with Gasteiger partial charge < -0.3 is 4.74 Å². The lowest BCUT2D eigenvalue weighted by molar-refractivity contribution is -0.0796. The first-order valence-corrected chi connectivity index (χ1v) is 6.05. The molecule has 7 heteroatoms. The number of allylic oxidation sites excluding steroid dienone is 1. The summed E-state index contributed by atoms with van der Waals surface area (Å²) in [5, 5.41) is 0. The average Bonchev–Trinajstić information content (AvgIpc) is 2.34. The maximum absolute atomic E-state index is 12.0. The number of carbonyl (C=O) groups is 1. The number of hydrogen-bond donors (Lipinski definition) is 0. The van der Waals surface area contributed by atoms with Crippen LogP contribution in [-0.4, -0.2) is 19.4 Å². The Morgan fingerprint density at radius 1 is 1.42 bits per heavy atom. The second kappa shape index (κ2) is 6.63. The molecule has 0 aliphatic carbocycles. The van der Waals surface area contributed by atoms with E-state index >= 15 is 0 Å². The maximum Gasteiger partial charge on any atom is 0.418 e. The smallest absolute Gasteiger partial charge is 0.418 e. The van der Waals surface area contributed by atoms with Crippen LogP contribution in [0.5, 0.6) is 0 Å². The van der Waals surface area contributed by atoms with E-state index in [4.69, 9.17) is 0 Å². The van der Waals surface area contributed by atoms with Crippen molar-refractivity contribution in [1.82, 2.24) is 0 Å². The Kier molecular flexibility index (Phi) is 5.44. The van der Waals surface area contributed by atoms with E-state index in [0.717, 1.165) is 18.2 Å². The van der Waals surface area contributed by atoms with E-state index in [1.807, 2.05) is 28.3 Å². The van der Waals surface area contributed by atoms with Crippen LogP contribution in [-0.2, 0) is 4.74 Å². The summed E-state index contributed by atoms with van der Waals surface area (Å²) >= 11 is 1.96. The van der Waals surface area contributed by atoms with Crippen molar-refractivity contribution in [3.8, 4) is 0 Å². The van der Waals surface area contributed by atoms with Crippen molar-refractivity contribution in [2.75, 3.05) is 12.0 Å². The molecule has 19 heavy (non-hydrogen) atoms. The van der Waals surface area contributed by atoms with Gasteiger partial charge in [0.05, 0.1) is 25.1 Å². The molecule has 102 valence electrons. The van der Waals surface area contributed by atoms with Gasteiger partial charge in [-0.15, -0.1) is 0 Å². The molecule has 0 unspecified atom stereocenters. The fourth-order valence-electron chi connectivity index (χ4n) is 1.17. The number of rotatable bonds is 2. The Morgan fingerprint density at radius 2 is 2.05 bits per heavy atom. The molecule has 0 atom stereocenters. The van der Waals surface area contributed by atoms with Crippen molar-refractivity contribution >= 4 is 34.4 Å². The second-order valence-corrected chi connectivity index (χ2v) is 4.44. The molecule has 0 aromatic heterocycles. The zero-order chi connectivity index (χ0) is 14.5. The minimum atomic E-state index is -4.48. The van der Waals surface area contributed by atoms with E-state index in [1.54, 1.807) is 24.3 Å². The minimum Gasteiger partial charge on any atom is -0.452 e. The number of nitrogens with zero attached hydrogens (tertiary/aromatic N) is 1. The number of alkyl halides is 3. The second-order valence-electron chi connectivity index (χ2n) is 3.27. The van der Waals surface area contributed by atoms with Gasteiger partial charge in [0, 0.05) is 3.57 Å². The van der Waals surface area contributed by atoms with E-state index < -0.39 is 12.3 Å². The standard InChI is InChI=1S/C12H9F3INO2/c1-19-11(18)17(8-4-7-12(13,14)15)10-6-3-2-5-9(10)16/h2-3,5-8H,1H3. The fourth-order valence-corrected chi connectivity index (χ4v) is 1.82. The molecule has 0 fully saturated rings. The molecular formula is C12H9F3INO2. The molecule has 0 aliphatic heterocycles. The Labute approximate surface area is 121 Å². The highest BCUT2D eigenvalue weighted by molar-refractivity contribution is 14.1. The lowest BCUT2D eigenvalue weighted by Crippen LogP contribution is -2.25. The number of methoxy groups -OCH3 is 1. The van der Waals surface area contributed by atoms with Crippen LogP contribution in [0.25, 0.3) is 0 Å². The fraction of sp³-hybridized carbons (Fsp3) is 0.167.